The van der Waals surface area contributed by atoms with Crippen molar-refractivity contribution in [1.29, 1.82) is 0 Å². The van der Waals surface area contributed by atoms with Crippen molar-refractivity contribution in [2.45, 2.75) is 57.6 Å². The maximum Gasteiger partial charge on any atom is 0.239 e. The molecule has 0 spiro atoms. The van der Waals surface area contributed by atoms with E-state index in [0.717, 1.165) is 25.7 Å². The van der Waals surface area contributed by atoms with E-state index in [2.05, 4.69) is 5.32 Å². The summed E-state index contributed by atoms with van der Waals surface area (Å²) in [4.78, 5) is 11.7. The molecule has 1 rings (SSSR count). The molecule has 0 radical (unpaired) electrons. The summed E-state index contributed by atoms with van der Waals surface area (Å²) in [5, 5.41) is 12.6. The first-order chi connectivity index (χ1) is 7.47. The van der Waals surface area contributed by atoms with Crippen molar-refractivity contribution >= 4 is 5.91 Å². The molecule has 3 unspecified atom stereocenters. The lowest BCUT2D eigenvalue weighted by Crippen LogP contribution is -2.52. The van der Waals surface area contributed by atoms with Gasteiger partial charge in [-0.3, -0.25) is 4.79 Å². The van der Waals surface area contributed by atoms with Crippen molar-refractivity contribution < 1.29 is 9.90 Å². The molecule has 0 bridgehead atoms. The lowest BCUT2D eigenvalue weighted by atomic mass is 9.86. The number of rotatable bonds is 4. The predicted octanol–water partition coefficient (Wildman–Crippen LogP) is 0.781. The first-order valence-electron chi connectivity index (χ1n) is 6.22. The maximum atomic E-state index is 11.7. The highest BCUT2D eigenvalue weighted by atomic mass is 16.3. The van der Waals surface area contributed by atoms with Gasteiger partial charge < -0.3 is 16.2 Å². The minimum Gasteiger partial charge on any atom is -0.393 e. The number of amides is 1. The zero-order valence-corrected chi connectivity index (χ0v) is 10.3. The van der Waals surface area contributed by atoms with Crippen molar-refractivity contribution in [2.24, 2.45) is 11.7 Å². The lowest BCUT2D eigenvalue weighted by Gasteiger charge is -2.29. The van der Waals surface area contributed by atoms with Gasteiger partial charge in [0.15, 0.2) is 0 Å². The molecule has 1 aliphatic carbocycles. The molecule has 1 saturated carbocycles. The average molecular weight is 228 g/mol. The molecule has 94 valence electrons. The summed E-state index contributed by atoms with van der Waals surface area (Å²) >= 11 is 0. The quantitative estimate of drug-likeness (QED) is 0.665. The number of carbonyl (C=O) groups is 1. The molecule has 0 aromatic carbocycles. The van der Waals surface area contributed by atoms with Crippen LogP contribution in [0, 0.1) is 5.92 Å². The monoisotopic (exact) mass is 228 g/mol. The summed E-state index contributed by atoms with van der Waals surface area (Å²) in [6.07, 6.45) is 4.44. The van der Waals surface area contributed by atoms with Crippen molar-refractivity contribution in [2.75, 3.05) is 6.54 Å². The molecular weight excluding hydrogens is 204 g/mol. The van der Waals surface area contributed by atoms with Crippen LogP contribution in [0.15, 0.2) is 0 Å². The Morgan fingerprint density at radius 2 is 2.12 bits per heavy atom. The van der Waals surface area contributed by atoms with E-state index in [4.69, 9.17) is 5.73 Å². The molecule has 1 fully saturated rings. The lowest BCUT2D eigenvalue weighted by molar-refractivity contribution is -0.126. The topological polar surface area (TPSA) is 75.4 Å². The van der Waals surface area contributed by atoms with Crippen LogP contribution in [0.1, 0.15) is 46.0 Å². The molecule has 3 atom stereocenters. The molecule has 0 saturated heterocycles. The smallest absolute Gasteiger partial charge is 0.239 e. The number of aliphatic hydroxyl groups excluding tert-OH is 1. The van der Waals surface area contributed by atoms with Gasteiger partial charge in [-0.1, -0.05) is 19.8 Å². The second-order valence-corrected chi connectivity index (χ2v) is 5.09. The summed E-state index contributed by atoms with van der Waals surface area (Å²) in [6, 6.07) is 0. The van der Waals surface area contributed by atoms with Gasteiger partial charge in [0.1, 0.15) is 0 Å². The normalized spacial score (nSPS) is 29.5. The molecule has 0 aromatic heterocycles. The zero-order chi connectivity index (χ0) is 12.2. The Morgan fingerprint density at radius 1 is 1.50 bits per heavy atom. The number of nitrogens with one attached hydrogen (secondary N) is 1. The minimum atomic E-state index is -0.792. The van der Waals surface area contributed by atoms with Gasteiger partial charge in [-0.25, -0.2) is 0 Å². The molecular formula is C12H24N2O2. The third-order valence-electron chi connectivity index (χ3n) is 3.65. The largest absolute Gasteiger partial charge is 0.393 e. The Balaban J connectivity index is 2.36. The fourth-order valence-corrected chi connectivity index (χ4v) is 2.01. The van der Waals surface area contributed by atoms with Crippen LogP contribution in [0.4, 0.5) is 0 Å². The van der Waals surface area contributed by atoms with Crippen molar-refractivity contribution in [3.8, 4) is 0 Å². The third-order valence-corrected chi connectivity index (χ3v) is 3.65. The first kappa shape index (κ1) is 13.5. The Bertz CT molecular complexity index is 241. The Labute approximate surface area is 97.6 Å². The molecule has 4 heteroatoms. The Hall–Kier alpha value is -0.610. The highest BCUT2D eigenvalue weighted by molar-refractivity contribution is 5.85. The molecule has 0 heterocycles. The second-order valence-electron chi connectivity index (χ2n) is 5.09. The van der Waals surface area contributed by atoms with Crippen LogP contribution in [-0.2, 0) is 4.79 Å². The van der Waals surface area contributed by atoms with Gasteiger partial charge in [0.2, 0.25) is 5.91 Å². The van der Waals surface area contributed by atoms with Gasteiger partial charge in [-0.2, -0.15) is 0 Å². The van der Waals surface area contributed by atoms with Gasteiger partial charge in [0.25, 0.3) is 0 Å². The van der Waals surface area contributed by atoms with Crippen LogP contribution in [0.25, 0.3) is 0 Å². The van der Waals surface area contributed by atoms with E-state index in [1.807, 2.05) is 6.92 Å². The van der Waals surface area contributed by atoms with Gasteiger partial charge in [-0.05, 0) is 26.2 Å². The van der Waals surface area contributed by atoms with Gasteiger partial charge in [-0.15, -0.1) is 0 Å². The molecule has 0 aromatic rings. The number of hydrogen-bond donors (Lipinski definition) is 3. The Morgan fingerprint density at radius 3 is 2.69 bits per heavy atom. The molecule has 1 aliphatic rings. The first-order valence-corrected chi connectivity index (χ1v) is 6.22. The second kappa shape index (κ2) is 5.64. The third kappa shape index (κ3) is 3.46. The molecule has 1 amide bonds. The van der Waals surface area contributed by atoms with E-state index in [9.17, 15) is 9.90 Å². The van der Waals surface area contributed by atoms with E-state index in [1.54, 1.807) is 6.92 Å². The van der Waals surface area contributed by atoms with Gasteiger partial charge >= 0.3 is 0 Å². The molecule has 4 nitrogen and oxygen atoms in total. The van der Waals surface area contributed by atoms with Crippen molar-refractivity contribution in [3.05, 3.63) is 0 Å². The highest BCUT2D eigenvalue weighted by Crippen LogP contribution is 2.23. The number of hydrogen-bond acceptors (Lipinski definition) is 3. The highest BCUT2D eigenvalue weighted by Gasteiger charge is 2.28. The summed E-state index contributed by atoms with van der Waals surface area (Å²) in [6.45, 7) is 4.18. The van der Waals surface area contributed by atoms with Crippen LogP contribution in [-0.4, -0.2) is 29.2 Å². The van der Waals surface area contributed by atoms with Crippen LogP contribution < -0.4 is 11.1 Å². The van der Waals surface area contributed by atoms with E-state index in [0.29, 0.717) is 13.0 Å². The van der Waals surface area contributed by atoms with Crippen LogP contribution in [0.5, 0.6) is 0 Å². The average Bonchev–Trinajstić information content (AvgIpc) is 2.27. The van der Waals surface area contributed by atoms with Gasteiger partial charge in [0, 0.05) is 12.5 Å². The van der Waals surface area contributed by atoms with Crippen LogP contribution >= 0.6 is 0 Å². The standard InChI is InChI=1S/C12H24N2O2/c1-3-12(2,13)11(16)14-8-9-6-4-5-7-10(9)15/h9-10,15H,3-8,13H2,1-2H3,(H,14,16). The van der Waals surface area contributed by atoms with E-state index in [-0.39, 0.29) is 17.9 Å². The van der Waals surface area contributed by atoms with Crippen molar-refractivity contribution in [3.63, 3.8) is 0 Å². The summed E-state index contributed by atoms with van der Waals surface area (Å²) in [5.41, 5.74) is 5.04. The number of nitrogens with two attached hydrogens (primary N) is 1. The fraction of sp³-hybridized carbons (Fsp3) is 0.917. The molecule has 16 heavy (non-hydrogen) atoms. The minimum absolute atomic E-state index is 0.118. The predicted molar refractivity (Wildman–Crippen MR) is 63.9 cm³/mol. The number of aliphatic hydroxyl groups is 1. The SMILES string of the molecule is CCC(C)(N)C(=O)NCC1CCCCC1O. The van der Waals surface area contributed by atoms with Crippen LogP contribution in [0.2, 0.25) is 0 Å². The summed E-state index contributed by atoms with van der Waals surface area (Å²) in [5.74, 6) is 0.0816. The Kier molecular flexibility index (Phi) is 4.74. The van der Waals surface area contributed by atoms with Crippen molar-refractivity contribution in [1.82, 2.24) is 5.32 Å². The fourth-order valence-electron chi connectivity index (χ4n) is 2.01. The summed E-state index contributed by atoms with van der Waals surface area (Å²) < 4.78 is 0. The van der Waals surface area contributed by atoms with Gasteiger partial charge in [0.05, 0.1) is 11.6 Å². The van der Waals surface area contributed by atoms with Crippen LogP contribution in [0.3, 0.4) is 0 Å². The zero-order valence-electron chi connectivity index (χ0n) is 10.3. The molecule has 4 N–H and O–H groups in total. The number of carbonyl (C=O) groups excluding carboxylic acids is 1. The summed E-state index contributed by atoms with van der Waals surface area (Å²) in [7, 11) is 0. The maximum absolute atomic E-state index is 11.7. The molecule has 0 aliphatic heterocycles. The van der Waals surface area contributed by atoms with E-state index in [1.165, 1.54) is 0 Å². The van der Waals surface area contributed by atoms with E-state index < -0.39 is 5.54 Å². The van der Waals surface area contributed by atoms with E-state index >= 15 is 0 Å².